The van der Waals surface area contributed by atoms with Gasteiger partial charge in [0.05, 0.1) is 6.54 Å². The molecule has 0 N–H and O–H groups in total. The molecule has 27 heavy (non-hydrogen) atoms. The van der Waals surface area contributed by atoms with Crippen molar-refractivity contribution in [2.24, 2.45) is 5.92 Å². The smallest absolute Gasteiger partial charge is 0.320 e. The number of rotatable bonds is 4. The predicted octanol–water partition coefficient (Wildman–Crippen LogP) is 3.82. The van der Waals surface area contributed by atoms with Crippen LogP contribution in [-0.2, 0) is 13.0 Å². The molecule has 1 aromatic heterocycles. The summed E-state index contributed by atoms with van der Waals surface area (Å²) in [6.45, 7) is 11.5. The molecule has 4 rings (SSSR count). The maximum absolute atomic E-state index is 12.7. The maximum Gasteiger partial charge on any atom is 0.320 e. The van der Waals surface area contributed by atoms with Gasteiger partial charge in [-0.15, -0.1) is 11.3 Å². The number of urea groups is 1. The number of carbonyl (C=O) groups is 1. The van der Waals surface area contributed by atoms with Crippen LogP contribution < -0.4 is 4.74 Å². The molecule has 0 spiro atoms. The van der Waals surface area contributed by atoms with E-state index in [0.29, 0.717) is 6.10 Å². The van der Waals surface area contributed by atoms with Gasteiger partial charge in [0.25, 0.3) is 0 Å². The molecule has 0 atom stereocenters. The lowest BCUT2D eigenvalue weighted by Gasteiger charge is -2.32. The van der Waals surface area contributed by atoms with E-state index in [2.05, 4.69) is 24.8 Å². The minimum atomic E-state index is 0.228. The second kappa shape index (κ2) is 8.39. The van der Waals surface area contributed by atoms with Crippen molar-refractivity contribution in [3.05, 3.63) is 16.5 Å². The van der Waals surface area contributed by atoms with E-state index in [-0.39, 0.29) is 6.03 Å². The molecule has 150 valence electrons. The van der Waals surface area contributed by atoms with Crippen LogP contribution in [0.4, 0.5) is 4.79 Å². The summed E-state index contributed by atoms with van der Waals surface area (Å²) in [5.41, 5.74) is 1.39. The van der Waals surface area contributed by atoms with E-state index in [1.165, 1.54) is 17.0 Å². The van der Waals surface area contributed by atoms with Crippen molar-refractivity contribution in [3.8, 4) is 5.06 Å². The second-order valence-corrected chi connectivity index (χ2v) is 9.77. The molecule has 1 aromatic rings. The van der Waals surface area contributed by atoms with Gasteiger partial charge in [0.2, 0.25) is 0 Å². The monoisotopic (exact) mass is 391 g/mol. The lowest BCUT2D eigenvalue weighted by Crippen LogP contribution is -2.43. The molecule has 0 unspecified atom stereocenters. The SMILES string of the molecule is CC(C)CN1CCC(Oc2cc3c(s2)CN(C(=O)N2CCCC2)CC3)CC1. The molecule has 2 amide bonds. The van der Waals surface area contributed by atoms with E-state index in [9.17, 15) is 4.79 Å². The molecular weight excluding hydrogens is 358 g/mol. The average Bonchev–Trinajstić information content (AvgIpc) is 3.31. The fraction of sp³-hybridized carbons (Fsp3) is 0.762. The molecule has 2 fully saturated rings. The molecule has 4 heterocycles. The molecule has 0 saturated carbocycles. The second-order valence-electron chi connectivity index (χ2n) is 8.67. The van der Waals surface area contributed by atoms with E-state index in [4.69, 9.17) is 4.74 Å². The summed E-state index contributed by atoms with van der Waals surface area (Å²) in [6, 6.07) is 2.46. The zero-order valence-corrected chi connectivity index (χ0v) is 17.6. The van der Waals surface area contributed by atoms with Crippen molar-refractivity contribution in [1.82, 2.24) is 14.7 Å². The van der Waals surface area contributed by atoms with Gasteiger partial charge in [-0.25, -0.2) is 4.79 Å². The largest absolute Gasteiger partial charge is 0.481 e. The first-order chi connectivity index (χ1) is 13.1. The first-order valence-electron chi connectivity index (χ1n) is 10.6. The zero-order chi connectivity index (χ0) is 18.8. The Kier molecular flexibility index (Phi) is 5.93. The van der Waals surface area contributed by atoms with Gasteiger partial charge in [0, 0.05) is 44.1 Å². The number of carbonyl (C=O) groups excluding carboxylic acids is 1. The Hall–Kier alpha value is -1.27. The quantitative estimate of drug-likeness (QED) is 0.783. The highest BCUT2D eigenvalue weighted by molar-refractivity contribution is 7.14. The molecule has 0 aromatic carbocycles. The van der Waals surface area contributed by atoms with E-state index in [1.807, 2.05) is 9.80 Å². The summed E-state index contributed by atoms with van der Waals surface area (Å²) in [6.07, 6.45) is 5.84. The van der Waals surface area contributed by atoms with Gasteiger partial charge in [0.1, 0.15) is 6.10 Å². The highest BCUT2D eigenvalue weighted by atomic mass is 32.1. The summed E-state index contributed by atoms with van der Waals surface area (Å²) >= 11 is 1.76. The Balaban J connectivity index is 1.30. The van der Waals surface area contributed by atoms with Crippen LogP contribution in [0.1, 0.15) is 50.0 Å². The molecule has 3 aliphatic rings. The fourth-order valence-electron chi connectivity index (χ4n) is 4.51. The number of piperidine rings is 1. The number of nitrogens with zero attached hydrogens (tertiary/aromatic N) is 3. The van der Waals surface area contributed by atoms with E-state index in [0.717, 1.165) is 82.4 Å². The van der Waals surface area contributed by atoms with Gasteiger partial charge < -0.3 is 19.4 Å². The van der Waals surface area contributed by atoms with Crippen LogP contribution in [0.2, 0.25) is 0 Å². The Bertz CT molecular complexity index is 646. The summed E-state index contributed by atoms with van der Waals surface area (Å²) in [5.74, 6) is 0.734. The van der Waals surface area contributed by atoms with Crippen molar-refractivity contribution in [2.45, 2.75) is 58.6 Å². The molecule has 0 radical (unpaired) electrons. The minimum absolute atomic E-state index is 0.228. The van der Waals surface area contributed by atoms with Crippen molar-refractivity contribution in [2.75, 3.05) is 39.3 Å². The minimum Gasteiger partial charge on any atom is -0.481 e. The number of likely N-dealkylation sites (tertiary alicyclic amines) is 2. The zero-order valence-electron chi connectivity index (χ0n) is 16.8. The molecule has 0 aliphatic carbocycles. The van der Waals surface area contributed by atoms with Gasteiger partial charge in [-0.2, -0.15) is 0 Å². The normalized spacial score (nSPS) is 21.7. The van der Waals surface area contributed by atoms with Crippen molar-refractivity contribution in [1.29, 1.82) is 0 Å². The standard InChI is InChI=1S/C21H33N3O2S/c1-16(2)14-22-10-6-18(7-11-22)26-20-13-17-5-12-24(15-19(17)27-20)21(25)23-8-3-4-9-23/h13,16,18H,3-12,14-15H2,1-2H3. The number of hydrogen-bond donors (Lipinski definition) is 0. The van der Waals surface area contributed by atoms with E-state index < -0.39 is 0 Å². The number of thiophene rings is 1. The van der Waals surface area contributed by atoms with Crippen molar-refractivity contribution in [3.63, 3.8) is 0 Å². The maximum atomic E-state index is 12.7. The molecule has 6 heteroatoms. The third kappa shape index (κ3) is 4.60. The predicted molar refractivity (Wildman–Crippen MR) is 110 cm³/mol. The van der Waals surface area contributed by atoms with E-state index in [1.54, 1.807) is 11.3 Å². The third-order valence-electron chi connectivity index (χ3n) is 5.95. The summed E-state index contributed by atoms with van der Waals surface area (Å²) in [5, 5.41) is 1.05. The number of hydrogen-bond acceptors (Lipinski definition) is 4. The van der Waals surface area contributed by atoms with Gasteiger partial charge in [-0.05, 0) is 49.7 Å². The first kappa shape index (κ1) is 19.1. The topological polar surface area (TPSA) is 36.0 Å². The average molecular weight is 392 g/mol. The lowest BCUT2D eigenvalue weighted by atomic mass is 10.1. The number of amides is 2. The van der Waals surface area contributed by atoms with Gasteiger partial charge in [-0.3, -0.25) is 0 Å². The molecule has 2 saturated heterocycles. The van der Waals surface area contributed by atoms with Gasteiger partial charge in [-0.1, -0.05) is 13.8 Å². The van der Waals surface area contributed by atoms with Gasteiger partial charge in [0.15, 0.2) is 5.06 Å². The van der Waals surface area contributed by atoms with Crippen LogP contribution in [0.5, 0.6) is 5.06 Å². The summed E-state index contributed by atoms with van der Waals surface area (Å²) in [7, 11) is 0. The van der Waals surface area contributed by atoms with Crippen molar-refractivity contribution >= 4 is 17.4 Å². The molecular formula is C21H33N3O2S. The Morgan fingerprint density at radius 2 is 1.89 bits per heavy atom. The Labute approximate surface area is 167 Å². The molecule has 5 nitrogen and oxygen atoms in total. The highest BCUT2D eigenvalue weighted by Gasteiger charge is 2.29. The van der Waals surface area contributed by atoms with Gasteiger partial charge >= 0.3 is 6.03 Å². The Morgan fingerprint density at radius 3 is 2.59 bits per heavy atom. The third-order valence-corrected chi connectivity index (χ3v) is 7.00. The van der Waals surface area contributed by atoms with Crippen LogP contribution in [0, 0.1) is 5.92 Å². The molecule has 3 aliphatic heterocycles. The number of fused-ring (bicyclic) bond motifs is 1. The molecule has 0 bridgehead atoms. The van der Waals surface area contributed by atoms with Crippen LogP contribution >= 0.6 is 11.3 Å². The number of ether oxygens (including phenoxy) is 1. The van der Waals surface area contributed by atoms with E-state index >= 15 is 0 Å². The summed E-state index contributed by atoms with van der Waals surface area (Å²) < 4.78 is 6.33. The summed E-state index contributed by atoms with van der Waals surface area (Å²) in [4.78, 5) is 20.6. The van der Waals surface area contributed by atoms with Crippen LogP contribution in [0.25, 0.3) is 0 Å². The lowest BCUT2D eigenvalue weighted by molar-refractivity contribution is 0.0969. The first-order valence-corrected chi connectivity index (χ1v) is 11.4. The van der Waals surface area contributed by atoms with Crippen molar-refractivity contribution < 1.29 is 9.53 Å². The van der Waals surface area contributed by atoms with Crippen LogP contribution in [-0.4, -0.2) is 66.1 Å². The Morgan fingerprint density at radius 1 is 1.15 bits per heavy atom. The van der Waals surface area contributed by atoms with Crippen LogP contribution in [0.15, 0.2) is 6.07 Å². The highest BCUT2D eigenvalue weighted by Crippen LogP contribution is 2.35. The van der Waals surface area contributed by atoms with Crippen LogP contribution in [0.3, 0.4) is 0 Å². The fourth-order valence-corrected chi connectivity index (χ4v) is 5.65.